The summed E-state index contributed by atoms with van der Waals surface area (Å²) < 4.78 is 1.66. The lowest BCUT2D eigenvalue weighted by atomic mass is 10.1. The number of nitrogens with zero attached hydrogens (tertiary/aromatic N) is 5. The zero-order valence-corrected chi connectivity index (χ0v) is 12.6. The van der Waals surface area contributed by atoms with E-state index >= 15 is 0 Å². The van der Waals surface area contributed by atoms with E-state index in [0.717, 1.165) is 37.6 Å². The second kappa shape index (κ2) is 6.55. The zero-order valence-electron chi connectivity index (χ0n) is 12.6. The van der Waals surface area contributed by atoms with E-state index in [1.165, 1.54) is 0 Å². The van der Waals surface area contributed by atoms with E-state index in [-0.39, 0.29) is 18.5 Å². The number of hydrogen-bond acceptors (Lipinski definition) is 5. The second-order valence-corrected chi connectivity index (χ2v) is 5.56. The van der Waals surface area contributed by atoms with E-state index < -0.39 is 0 Å². The highest BCUT2D eigenvalue weighted by Crippen LogP contribution is 2.15. The fraction of sp³-hybridized carbons (Fsp3) is 0.467. The van der Waals surface area contributed by atoms with Gasteiger partial charge in [0.1, 0.15) is 6.54 Å². The van der Waals surface area contributed by atoms with Gasteiger partial charge in [-0.15, -0.1) is 0 Å². The predicted octanol–water partition coefficient (Wildman–Crippen LogP) is 0.767. The van der Waals surface area contributed by atoms with E-state index in [4.69, 9.17) is 0 Å². The fourth-order valence-corrected chi connectivity index (χ4v) is 2.70. The van der Waals surface area contributed by atoms with Crippen LogP contribution in [-0.4, -0.2) is 44.8 Å². The number of carbonyl (C=O) groups excluding carboxylic acids is 1. The van der Waals surface area contributed by atoms with Crippen LogP contribution in [0.3, 0.4) is 0 Å². The first-order chi connectivity index (χ1) is 10.7. The molecule has 0 spiro atoms. The van der Waals surface area contributed by atoms with E-state index in [9.17, 15) is 4.79 Å². The number of piperidine rings is 1. The Balaban J connectivity index is 1.55. The SMILES string of the molecule is Cc1ccn(CC(=O)N[C@@H]2CCCN(c3ncccn3)C2)n1. The molecule has 7 heteroatoms. The minimum atomic E-state index is -0.0102. The van der Waals surface area contributed by atoms with Gasteiger partial charge < -0.3 is 10.2 Å². The molecule has 0 bridgehead atoms. The summed E-state index contributed by atoms with van der Waals surface area (Å²) in [7, 11) is 0. The van der Waals surface area contributed by atoms with Gasteiger partial charge in [-0.2, -0.15) is 5.10 Å². The Morgan fingerprint density at radius 1 is 1.41 bits per heavy atom. The van der Waals surface area contributed by atoms with Crippen LogP contribution in [-0.2, 0) is 11.3 Å². The smallest absolute Gasteiger partial charge is 0.242 e. The van der Waals surface area contributed by atoms with Crippen molar-refractivity contribution >= 4 is 11.9 Å². The molecule has 1 aliphatic rings. The van der Waals surface area contributed by atoms with Crippen molar-refractivity contribution in [1.29, 1.82) is 0 Å². The Morgan fingerprint density at radius 3 is 2.95 bits per heavy atom. The van der Waals surface area contributed by atoms with Gasteiger partial charge in [-0.05, 0) is 31.9 Å². The van der Waals surface area contributed by atoms with E-state index in [1.54, 1.807) is 23.1 Å². The summed E-state index contributed by atoms with van der Waals surface area (Å²) in [4.78, 5) is 22.8. The van der Waals surface area contributed by atoms with Crippen molar-refractivity contribution in [2.75, 3.05) is 18.0 Å². The number of nitrogens with one attached hydrogen (secondary N) is 1. The van der Waals surface area contributed by atoms with Crippen molar-refractivity contribution in [2.45, 2.75) is 32.4 Å². The largest absolute Gasteiger partial charge is 0.350 e. The molecule has 2 aromatic heterocycles. The molecule has 1 atom stereocenters. The average molecular weight is 300 g/mol. The normalized spacial score (nSPS) is 18.2. The van der Waals surface area contributed by atoms with Crippen LogP contribution in [0.1, 0.15) is 18.5 Å². The molecule has 0 unspecified atom stereocenters. The van der Waals surface area contributed by atoms with Crippen LogP contribution in [0.5, 0.6) is 0 Å². The van der Waals surface area contributed by atoms with Gasteiger partial charge in [0.05, 0.1) is 5.69 Å². The lowest BCUT2D eigenvalue weighted by Crippen LogP contribution is -2.49. The molecule has 22 heavy (non-hydrogen) atoms. The Hall–Kier alpha value is -2.44. The third-order valence-corrected chi connectivity index (χ3v) is 3.70. The van der Waals surface area contributed by atoms with Crippen molar-refractivity contribution in [3.05, 3.63) is 36.4 Å². The van der Waals surface area contributed by atoms with E-state index in [0.29, 0.717) is 0 Å². The van der Waals surface area contributed by atoms with E-state index in [1.807, 2.05) is 19.2 Å². The van der Waals surface area contributed by atoms with Crippen molar-refractivity contribution in [1.82, 2.24) is 25.1 Å². The van der Waals surface area contributed by atoms with Crippen molar-refractivity contribution in [2.24, 2.45) is 0 Å². The van der Waals surface area contributed by atoms with Gasteiger partial charge in [0.2, 0.25) is 11.9 Å². The van der Waals surface area contributed by atoms with Crippen LogP contribution in [0, 0.1) is 6.92 Å². The maximum atomic E-state index is 12.1. The van der Waals surface area contributed by atoms with Gasteiger partial charge in [0.15, 0.2) is 0 Å². The summed E-state index contributed by atoms with van der Waals surface area (Å²) in [5.41, 5.74) is 0.915. The Labute approximate surface area is 129 Å². The molecule has 0 radical (unpaired) electrons. The van der Waals surface area contributed by atoms with Crippen LogP contribution in [0.2, 0.25) is 0 Å². The Bertz CT molecular complexity index is 626. The Morgan fingerprint density at radius 2 is 2.23 bits per heavy atom. The topological polar surface area (TPSA) is 75.9 Å². The van der Waals surface area contributed by atoms with Gasteiger partial charge >= 0.3 is 0 Å². The van der Waals surface area contributed by atoms with Crippen LogP contribution in [0.4, 0.5) is 5.95 Å². The number of aryl methyl sites for hydroxylation is 1. The van der Waals surface area contributed by atoms with Gasteiger partial charge in [-0.1, -0.05) is 0 Å². The zero-order chi connectivity index (χ0) is 15.4. The standard InChI is InChI=1S/C15H20N6O/c1-12-5-9-21(19-12)11-14(22)18-13-4-2-8-20(10-13)15-16-6-3-7-17-15/h3,5-7,9,13H,2,4,8,10-11H2,1H3,(H,18,22)/t13-/m1/s1. The molecular formula is C15H20N6O. The molecule has 1 fully saturated rings. The lowest BCUT2D eigenvalue weighted by Gasteiger charge is -2.33. The molecule has 3 rings (SSSR count). The number of anilines is 1. The maximum absolute atomic E-state index is 12.1. The van der Waals surface area contributed by atoms with Crippen LogP contribution < -0.4 is 10.2 Å². The summed E-state index contributed by atoms with van der Waals surface area (Å²) in [6.07, 6.45) is 7.30. The van der Waals surface area contributed by atoms with Crippen LogP contribution in [0.25, 0.3) is 0 Å². The quantitative estimate of drug-likeness (QED) is 0.902. The average Bonchev–Trinajstić information content (AvgIpc) is 2.93. The minimum Gasteiger partial charge on any atom is -0.350 e. The van der Waals surface area contributed by atoms with Gasteiger partial charge in [0.25, 0.3) is 0 Å². The van der Waals surface area contributed by atoms with Crippen molar-refractivity contribution in [3.8, 4) is 0 Å². The highest BCUT2D eigenvalue weighted by Gasteiger charge is 2.22. The monoisotopic (exact) mass is 300 g/mol. The highest BCUT2D eigenvalue weighted by molar-refractivity contribution is 5.76. The second-order valence-electron chi connectivity index (χ2n) is 5.56. The molecule has 3 heterocycles. The first-order valence-electron chi connectivity index (χ1n) is 7.52. The number of aromatic nitrogens is 4. The lowest BCUT2D eigenvalue weighted by molar-refractivity contribution is -0.122. The molecule has 0 saturated carbocycles. The summed E-state index contributed by atoms with van der Waals surface area (Å²) in [6.45, 7) is 3.84. The maximum Gasteiger partial charge on any atom is 0.242 e. The first-order valence-corrected chi connectivity index (χ1v) is 7.52. The number of amides is 1. The molecule has 0 aromatic carbocycles. The molecule has 1 aliphatic heterocycles. The van der Waals surface area contributed by atoms with Gasteiger partial charge in [-0.3, -0.25) is 9.48 Å². The fourth-order valence-electron chi connectivity index (χ4n) is 2.70. The number of carbonyl (C=O) groups is 1. The molecule has 0 aliphatic carbocycles. The number of rotatable bonds is 4. The van der Waals surface area contributed by atoms with Gasteiger partial charge in [0, 0.05) is 37.7 Å². The minimum absolute atomic E-state index is 0.0102. The van der Waals surface area contributed by atoms with Crippen molar-refractivity contribution < 1.29 is 4.79 Å². The summed E-state index contributed by atoms with van der Waals surface area (Å²) >= 11 is 0. The van der Waals surface area contributed by atoms with E-state index in [2.05, 4.69) is 25.3 Å². The molecule has 7 nitrogen and oxygen atoms in total. The molecule has 1 amide bonds. The highest BCUT2D eigenvalue weighted by atomic mass is 16.2. The molecule has 2 aromatic rings. The third-order valence-electron chi connectivity index (χ3n) is 3.70. The van der Waals surface area contributed by atoms with Crippen molar-refractivity contribution in [3.63, 3.8) is 0 Å². The summed E-state index contributed by atoms with van der Waals surface area (Å²) in [6, 6.07) is 3.82. The first kappa shape index (κ1) is 14.5. The van der Waals surface area contributed by atoms with Crippen LogP contribution in [0.15, 0.2) is 30.7 Å². The van der Waals surface area contributed by atoms with Gasteiger partial charge in [-0.25, -0.2) is 9.97 Å². The molecule has 116 valence electrons. The third kappa shape index (κ3) is 3.60. The molecular weight excluding hydrogens is 280 g/mol. The summed E-state index contributed by atoms with van der Waals surface area (Å²) in [5, 5.41) is 7.31. The molecule has 1 N–H and O–H groups in total. The molecule has 1 saturated heterocycles. The van der Waals surface area contributed by atoms with Crippen LogP contribution >= 0.6 is 0 Å². The Kier molecular flexibility index (Phi) is 4.32. The number of hydrogen-bond donors (Lipinski definition) is 1. The summed E-state index contributed by atoms with van der Waals surface area (Å²) in [5.74, 6) is 0.716. The predicted molar refractivity (Wildman–Crippen MR) is 82.4 cm³/mol.